The number of sulfone groups is 1. The summed E-state index contributed by atoms with van der Waals surface area (Å²) in [5, 5.41) is 3.80. The molecule has 1 amide bonds. The molecule has 1 aromatic heterocycles. The summed E-state index contributed by atoms with van der Waals surface area (Å²) in [5.74, 6) is 1.31. The van der Waals surface area contributed by atoms with Gasteiger partial charge in [0, 0.05) is 29.8 Å². The van der Waals surface area contributed by atoms with Crippen molar-refractivity contribution in [3.63, 3.8) is 0 Å². The maximum atomic E-state index is 12.8. The minimum absolute atomic E-state index is 0.199. The Morgan fingerprint density at radius 2 is 1.93 bits per heavy atom. The molecule has 1 saturated carbocycles. The quantitative estimate of drug-likeness (QED) is 0.742. The number of rotatable bonds is 7. The third-order valence-corrected chi connectivity index (χ3v) is 5.32. The molecule has 0 radical (unpaired) electrons. The van der Waals surface area contributed by atoms with Gasteiger partial charge in [0.15, 0.2) is 9.84 Å². The van der Waals surface area contributed by atoms with Crippen molar-refractivity contribution in [3.05, 3.63) is 59.4 Å². The van der Waals surface area contributed by atoms with Gasteiger partial charge in [0.05, 0.1) is 0 Å². The highest BCUT2D eigenvalue weighted by atomic mass is 32.2. The van der Waals surface area contributed by atoms with Gasteiger partial charge in [-0.05, 0) is 31.9 Å². The molecule has 1 atom stereocenters. The average Bonchev–Trinajstić information content (AvgIpc) is 3.21. The molecule has 2 aromatic rings. The molecular formula is C21H25N3O4S. The first-order valence-corrected chi connectivity index (χ1v) is 11.6. The Labute approximate surface area is 171 Å². The molecule has 0 spiro atoms. The Kier molecular flexibility index (Phi) is 6.64. The Balaban J connectivity index is 1.85. The first-order valence-electron chi connectivity index (χ1n) is 9.61. The van der Waals surface area contributed by atoms with E-state index in [1.807, 2.05) is 18.2 Å². The molecule has 3 rings (SSSR count). The second-order valence-corrected chi connectivity index (χ2v) is 9.19. The van der Waals surface area contributed by atoms with Gasteiger partial charge in [-0.25, -0.2) is 13.4 Å². The predicted octanol–water partition coefficient (Wildman–Crippen LogP) is 3.60. The molecule has 0 unspecified atom stereocenters. The van der Waals surface area contributed by atoms with Crippen molar-refractivity contribution in [2.24, 2.45) is 0 Å². The van der Waals surface area contributed by atoms with E-state index in [-0.39, 0.29) is 17.4 Å². The summed E-state index contributed by atoms with van der Waals surface area (Å²) in [6.07, 6.45) is 8.36. The van der Waals surface area contributed by atoms with Crippen LogP contribution in [0, 0.1) is 0 Å². The van der Waals surface area contributed by atoms with Gasteiger partial charge < -0.3 is 10.1 Å². The maximum Gasteiger partial charge on any atom is 0.258 e. The lowest BCUT2D eigenvalue weighted by Gasteiger charge is -2.15. The lowest BCUT2D eigenvalue weighted by atomic mass is 10.1. The van der Waals surface area contributed by atoms with Gasteiger partial charge in [0.1, 0.15) is 17.1 Å². The van der Waals surface area contributed by atoms with Crippen LogP contribution in [0.4, 0.5) is 0 Å². The number of hydrogen-bond donors (Lipinski definition) is 1. The Morgan fingerprint density at radius 1 is 1.24 bits per heavy atom. The molecule has 0 saturated heterocycles. The van der Waals surface area contributed by atoms with Gasteiger partial charge in [-0.1, -0.05) is 37.1 Å². The van der Waals surface area contributed by atoms with Gasteiger partial charge in [-0.15, -0.1) is 0 Å². The molecule has 154 valence electrons. The largest absolute Gasteiger partial charge is 0.438 e. The number of amides is 1. The number of hydrogen-bond acceptors (Lipinski definition) is 6. The van der Waals surface area contributed by atoms with Crippen molar-refractivity contribution in [2.45, 2.75) is 44.6 Å². The summed E-state index contributed by atoms with van der Waals surface area (Å²) in [6, 6.07) is 8.64. The molecule has 1 heterocycles. The summed E-state index contributed by atoms with van der Waals surface area (Å²) < 4.78 is 28.4. The van der Waals surface area contributed by atoms with Crippen molar-refractivity contribution in [2.75, 3.05) is 6.26 Å². The molecule has 8 heteroatoms. The smallest absolute Gasteiger partial charge is 0.258 e. The van der Waals surface area contributed by atoms with Crippen LogP contribution in [0.3, 0.4) is 0 Å². The van der Waals surface area contributed by atoms with E-state index in [0.29, 0.717) is 11.6 Å². The number of nitrogens with zero attached hydrogens (tertiary/aromatic N) is 2. The second-order valence-electron chi connectivity index (χ2n) is 7.26. The van der Waals surface area contributed by atoms with E-state index in [1.165, 1.54) is 12.3 Å². The summed E-state index contributed by atoms with van der Waals surface area (Å²) in [5.41, 5.74) is 0.204. The summed E-state index contributed by atoms with van der Waals surface area (Å²) >= 11 is 0. The minimum atomic E-state index is -3.26. The third kappa shape index (κ3) is 6.12. The number of carbonyl (C=O) groups is 1. The molecule has 1 fully saturated rings. The number of aromatic nitrogens is 2. The number of nitrogens with one attached hydrogen (secondary N) is 1. The van der Waals surface area contributed by atoms with Crippen LogP contribution < -0.4 is 10.1 Å². The van der Waals surface area contributed by atoms with Crippen LogP contribution in [-0.2, 0) is 9.84 Å². The maximum absolute atomic E-state index is 12.8. The molecule has 1 aliphatic rings. The normalized spacial score (nSPS) is 16.1. The Hall–Kier alpha value is -2.74. The standard InChI is InChI=1S/C21H25N3O4S/c1-15(12-13-29(2,26)27)23-20(25)18-14-22-19(16-8-6-7-9-16)24-21(18)28-17-10-4-3-5-11-17/h3-5,10-16H,6-9H2,1-2H3,(H,23,25)/b13-12-/t15-/m0/s1. The van der Waals surface area contributed by atoms with Crippen molar-refractivity contribution >= 4 is 15.7 Å². The van der Waals surface area contributed by atoms with E-state index >= 15 is 0 Å². The summed E-state index contributed by atoms with van der Waals surface area (Å²) in [4.78, 5) is 21.7. The minimum Gasteiger partial charge on any atom is -0.438 e. The molecule has 1 aliphatic carbocycles. The topological polar surface area (TPSA) is 98.2 Å². The molecule has 0 bridgehead atoms. The van der Waals surface area contributed by atoms with Crippen molar-refractivity contribution in [1.29, 1.82) is 0 Å². The summed E-state index contributed by atoms with van der Waals surface area (Å²) in [7, 11) is -3.26. The second kappa shape index (κ2) is 9.17. The number of ether oxygens (including phenoxy) is 1. The Morgan fingerprint density at radius 3 is 2.59 bits per heavy atom. The fourth-order valence-corrected chi connectivity index (χ4v) is 3.71. The zero-order valence-corrected chi connectivity index (χ0v) is 17.4. The fraction of sp³-hybridized carbons (Fsp3) is 0.381. The molecule has 7 nitrogen and oxygen atoms in total. The highest BCUT2D eigenvalue weighted by Gasteiger charge is 2.24. The molecular weight excluding hydrogens is 390 g/mol. The van der Waals surface area contributed by atoms with E-state index < -0.39 is 21.8 Å². The van der Waals surface area contributed by atoms with Crippen molar-refractivity contribution < 1.29 is 17.9 Å². The molecule has 1 N–H and O–H groups in total. The van der Waals surface area contributed by atoms with E-state index in [0.717, 1.165) is 37.3 Å². The predicted molar refractivity (Wildman–Crippen MR) is 111 cm³/mol. The molecule has 1 aromatic carbocycles. The van der Waals surface area contributed by atoms with E-state index in [1.54, 1.807) is 19.1 Å². The zero-order valence-electron chi connectivity index (χ0n) is 16.5. The van der Waals surface area contributed by atoms with E-state index in [4.69, 9.17) is 4.74 Å². The highest BCUT2D eigenvalue weighted by Crippen LogP contribution is 2.33. The van der Waals surface area contributed by atoms with E-state index in [2.05, 4.69) is 15.3 Å². The lowest BCUT2D eigenvalue weighted by Crippen LogP contribution is -2.31. The number of para-hydroxylation sites is 1. The van der Waals surface area contributed by atoms with Crippen LogP contribution in [0.25, 0.3) is 0 Å². The lowest BCUT2D eigenvalue weighted by molar-refractivity contribution is 0.0943. The van der Waals surface area contributed by atoms with Crippen LogP contribution in [0.5, 0.6) is 11.6 Å². The van der Waals surface area contributed by atoms with Crippen LogP contribution in [-0.4, -0.2) is 36.6 Å². The highest BCUT2D eigenvalue weighted by molar-refractivity contribution is 7.93. The van der Waals surface area contributed by atoms with Crippen LogP contribution in [0.1, 0.15) is 54.7 Å². The van der Waals surface area contributed by atoms with Gasteiger partial charge in [-0.3, -0.25) is 4.79 Å². The van der Waals surface area contributed by atoms with Gasteiger partial charge in [0.25, 0.3) is 5.91 Å². The first kappa shape index (κ1) is 21.0. The van der Waals surface area contributed by atoms with Crippen molar-refractivity contribution in [3.8, 4) is 11.6 Å². The van der Waals surface area contributed by atoms with Gasteiger partial charge >= 0.3 is 0 Å². The van der Waals surface area contributed by atoms with Crippen LogP contribution >= 0.6 is 0 Å². The SMILES string of the molecule is C[C@@H](/C=C\S(C)(=O)=O)NC(=O)c1cnc(C2CCCC2)nc1Oc1ccccc1. The van der Waals surface area contributed by atoms with Crippen LogP contribution in [0.15, 0.2) is 48.0 Å². The molecule has 0 aliphatic heterocycles. The van der Waals surface area contributed by atoms with E-state index in [9.17, 15) is 13.2 Å². The fourth-order valence-electron chi connectivity index (χ4n) is 3.19. The average molecular weight is 416 g/mol. The third-order valence-electron chi connectivity index (χ3n) is 4.67. The number of carbonyl (C=O) groups excluding carboxylic acids is 1. The van der Waals surface area contributed by atoms with Crippen LogP contribution in [0.2, 0.25) is 0 Å². The van der Waals surface area contributed by atoms with Gasteiger partial charge in [-0.2, -0.15) is 4.98 Å². The summed E-state index contributed by atoms with van der Waals surface area (Å²) in [6.45, 7) is 1.69. The molecule has 29 heavy (non-hydrogen) atoms. The van der Waals surface area contributed by atoms with Gasteiger partial charge in [0.2, 0.25) is 5.88 Å². The Bertz CT molecular complexity index is 984. The number of benzene rings is 1. The van der Waals surface area contributed by atoms with Crippen molar-refractivity contribution in [1.82, 2.24) is 15.3 Å². The monoisotopic (exact) mass is 415 g/mol. The zero-order chi connectivity index (χ0) is 20.9. The first-order chi connectivity index (χ1) is 13.8.